The standard InChI is InChI=1S/C21H11Cl3N4S2/c22-11-9-12(23)18(13(24)10-11)27-28-19(20-25-14-5-1-3-7-16(14)29-20)21-26-15-6-2-4-8-17(15)30-21/h1-10,27H. The van der Waals surface area contributed by atoms with E-state index in [1.54, 1.807) is 34.8 Å². The van der Waals surface area contributed by atoms with Gasteiger partial charge in [-0.25, -0.2) is 9.97 Å². The lowest BCUT2D eigenvalue weighted by atomic mass is 10.3. The topological polar surface area (TPSA) is 50.2 Å². The molecule has 2 heterocycles. The van der Waals surface area contributed by atoms with Gasteiger partial charge in [0.2, 0.25) is 0 Å². The molecule has 0 aliphatic rings. The first-order valence-electron chi connectivity index (χ1n) is 8.78. The highest BCUT2D eigenvalue weighted by atomic mass is 35.5. The smallest absolute Gasteiger partial charge is 0.155 e. The minimum absolute atomic E-state index is 0.379. The van der Waals surface area contributed by atoms with E-state index in [4.69, 9.17) is 44.8 Å². The first-order valence-corrected chi connectivity index (χ1v) is 11.6. The van der Waals surface area contributed by atoms with Crippen LogP contribution in [-0.2, 0) is 0 Å². The number of hydrogen-bond acceptors (Lipinski definition) is 6. The minimum Gasteiger partial charge on any atom is -0.275 e. The van der Waals surface area contributed by atoms with Crippen LogP contribution in [0.3, 0.4) is 0 Å². The van der Waals surface area contributed by atoms with Crippen molar-refractivity contribution < 1.29 is 0 Å². The summed E-state index contributed by atoms with van der Waals surface area (Å²) in [5, 5.41) is 7.35. The van der Waals surface area contributed by atoms with E-state index in [-0.39, 0.29) is 0 Å². The van der Waals surface area contributed by atoms with E-state index in [0.717, 1.165) is 30.4 Å². The first-order chi connectivity index (χ1) is 14.6. The van der Waals surface area contributed by atoms with Crippen LogP contribution < -0.4 is 5.43 Å². The zero-order valence-electron chi connectivity index (χ0n) is 15.1. The van der Waals surface area contributed by atoms with Gasteiger partial charge in [-0.05, 0) is 36.4 Å². The average Bonchev–Trinajstić information content (AvgIpc) is 3.33. The predicted octanol–water partition coefficient (Wildman–Crippen LogP) is 7.73. The molecule has 0 aliphatic heterocycles. The highest BCUT2D eigenvalue weighted by molar-refractivity contribution is 7.23. The molecule has 0 radical (unpaired) electrons. The van der Waals surface area contributed by atoms with Crippen molar-refractivity contribution in [3.05, 3.63) is 85.7 Å². The van der Waals surface area contributed by atoms with Crippen molar-refractivity contribution in [1.82, 2.24) is 9.97 Å². The van der Waals surface area contributed by atoms with Crippen molar-refractivity contribution >= 4 is 89.3 Å². The van der Waals surface area contributed by atoms with Crippen LogP contribution in [0.4, 0.5) is 5.69 Å². The number of thiazole rings is 2. The molecular formula is C21H11Cl3N4S2. The van der Waals surface area contributed by atoms with Crippen molar-refractivity contribution in [3.8, 4) is 0 Å². The number of nitrogens with zero attached hydrogens (tertiary/aromatic N) is 3. The molecule has 0 saturated carbocycles. The Hall–Kier alpha value is -2.22. The summed E-state index contributed by atoms with van der Waals surface area (Å²) in [6.07, 6.45) is 0. The molecule has 0 unspecified atom stereocenters. The summed E-state index contributed by atoms with van der Waals surface area (Å²) in [4.78, 5) is 9.52. The first kappa shape index (κ1) is 19.7. The Balaban J connectivity index is 1.65. The van der Waals surface area contributed by atoms with Crippen LogP contribution in [0, 0.1) is 0 Å². The quantitative estimate of drug-likeness (QED) is 0.207. The largest absolute Gasteiger partial charge is 0.275 e. The van der Waals surface area contributed by atoms with Gasteiger partial charge in [-0.15, -0.1) is 22.7 Å². The molecule has 0 atom stereocenters. The van der Waals surface area contributed by atoms with Gasteiger partial charge in [0.15, 0.2) is 5.71 Å². The second-order valence-corrected chi connectivity index (χ2v) is 9.60. The highest BCUT2D eigenvalue weighted by Gasteiger charge is 2.18. The fourth-order valence-corrected chi connectivity index (χ4v) is 5.77. The summed E-state index contributed by atoms with van der Waals surface area (Å²) < 4.78 is 2.15. The Bertz CT molecular complexity index is 1260. The molecule has 148 valence electrons. The summed E-state index contributed by atoms with van der Waals surface area (Å²) in [5.41, 5.74) is 5.91. The van der Waals surface area contributed by atoms with Crippen LogP contribution in [0.2, 0.25) is 15.1 Å². The van der Waals surface area contributed by atoms with Gasteiger partial charge < -0.3 is 0 Å². The molecule has 0 amide bonds. The zero-order chi connectivity index (χ0) is 20.7. The summed E-state index contributed by atoms with van der Waals surface area (Å²) >= 11 is 21.7. The highest BCUT2D eigenvalue weighted by Crippen LogP contribution is 2.34. The Labute approximate surface area is 194 Å². The molecule has 2 aromatic heterocycles. The van der Waals surface area contributed by atoms with Gasteiger partial charge in [0, 0.05) is 5.02 Å². The Morgan fingerprint density at radius 2 is 1.27 bits per heavy atom. The van der Waals surface area contributed by atoms with Gasteiger partial charge in [0.05, 0.1) is 36.2 Å². The molecule has 3 aromatic carbocycles. The van der Waals surface area contributed by atoms with Crippen molar-refractivity contribution in [1.29, 1.82) is 0 Å². The van der Waals surface area contributed by atoms with Crippen LogP contribution in [0.15, 0.2) is 65.8 Å². The molecule has 1 N–H and O–H groups in total. The van der Waals surface area contributed by atoms with E-state index >= 15 is 0 Å². The molecule has 0 saturated heterocycles. The lowest BCUT2D eigenvalue weighted by molar-refractivity contribution is 1.30. The third-order valence-corrected chi connectivity index (χ3v) is 7.18. The van der Waals surface area contributed by atoms with E-state index in [1.807, 2.05) is 48.5 Å². The number of halogens is 3. The molecule has 5 aromatic rings. The number of aromatic nitrogens is 2. The number of hydrazone groups is 1. The molecular weight excluding hydrogens is 479 g/mol. The van der Waals surface area contributed by atoms with Crippen molar-refractivity contribution in [2.24, 2.45) is 5.10 Å². The summed E-state index contributed by atoms with van der Waals surface area (Å²) in [6.45, 7) is 0. The molecule has 5 rings (SSSR count). The number of fused-ring (bicyclic) bond motifs is 2. The normalized spacial score (nSPS) is 11.2. The second-order valence-electron chi connectivity index (χ2n) is 6.29. The predicted molar refractivity (Wildman–Crippen MR) is 130 cm³/mol. The summed E-state index contributed by atoms with van der Waals surface area (Å²) in [7, 11) is 0. The molecule has 0 spiro atoms. The molecule has 30 heavy (non-hydrogen) atoms. The van der Waals surface area contributed by atoms with Gasteiger partial charge in [0.25, 0.3) is 0 Å². The SMILES string of the molecule is Clc1cc(Cl)c(NN=C(c2nc3ccccc3s2)c2nc3ccccc3s2)c(Cl)c1. The van der Waals surface area contributed by atoms with E-state index in [9.17, 15) is 0 Å². The maximum Gasteiger partial charge on any atom is 0.155 e. The summed E-state index contributed by atoms with van der Waals surface area (Å²) in [6, 6.07) is 19.2. The number of para-hydroxylation sites is 2. The van der Waals surface area contributed by atoms with Crippen LogP contribution in [0.5, 0.6) is 0 Å². The minimum atomic E-state index is 0.379. The fourth-order valence-electron chi connectivity index (χ4n) is 2.89. The second kappa shape index (κ2) is 8.13. The summed E-state index contributed by atoms with van der Waals surface area (Å²) in [5.74, 6) is 0. The van der Waals surface area contributed by atoms with Gasteiger partial charge in [-0.1, -0.05) is 59.1 Å². The molecule has 0 aliphatic carbocycles. The van der Waals surface area contributed by atoms with E-state index in [2.05, 4.69) is 10.5 Å². The number of anilines is 1. The van der Waals surface area contributed by atoms with Crippen molar-refractivity contribution in [3.63, 3.8) is 0 Å². The molecule has 9 heteroatoms. The van der Waals surface area contributed by atoms with Crippen molar-refractivity contribution in [2.75, 3.05) is 5.43 Å². The van der Waals surface area contributed by atoms with Gasteiger partial charge in [-0.3, -0.25) is 5.43 Å². The number of hydrogen-bond donors (Lipinski definition) is 1. The zero-order valence-corrected chi connectivity index (χ0v) is 19.0. The van der Waals surface area contributed by atoms with Gasteiger partial charge >= 0.3 is 0 Å². The van der Waals surface area contributed by atoms with E-state index in [0.29, 0.717) is 26.5 Å². The maximum atomic E-state index is 6.31. The van der Waals surface area contributed by atoms with Crippen LogP contribution in [0.25, 0.3) is 20.4 Å². The Morgan fingerprint density at radius 1 is 0.767 bits per heavy atom. The number of rotatable bonds is 4. The van der Waals surface area contributed by atoms with Gasteiger partial charge in [0.1, 0.15) is 10.0 Å². The van der Waals surface area contributed by atoms with Gasteiger partial charge in [-0.2, -0.15) is 5.10 Å². The monoisotopic (exact) mass is 488 g/mol. The van der Waals surface area contributed by atoms with Crippen LogP contribution >= 0.6 is 57.5 Å². The number of nitrogens with one attached hydrogen (secondary N) is 1. The lowest BCUT2D eigenvalue weighted by Crippen LogP contribution is -2.06. The Morgan fingerprint density at radius 3 is 1.77 bits per heavy atom. The number of benzene rings is 3. The Kier molecular flexibility index (Phi) is 5.35. The van der Waals surface area contributed by atoms with E-state index in [1.165, 1.54) is 0 Å². The maximum absolute atomic E-state index is 6.31. The average molecular weight is 490 g/mol. The lowest BCUT2D eigenvalue weighted by Gasteiger charge is -2.08. The third kappa shape index (κ3) is 3.77. The molecule has 0 bridgehead atoms. The molecule has 0 fully saturated rings. The van der Waals surface area contributed by atoms with Crippen LogP contribution in [-0.4, -0.2) is 15.7 Å². The van der Waals surface area contributed by atoms with Crippen molar-refractivity contribution in [2.45, 2.75) is 0 Å². The van der Waals surface area contributed by atoms with Crippen LogP contribution in [0.1, 0.15) is 10.0 Å². The van der Waals surface area contributed by atoms with E-state index < -0.39 is 0 Å². The molecule has 4 nitrogen and oxygen atoms in total. The fraction of sp³-hybridized carbons (Fsp3) is 0. The third-order valence-electron chi connectivity index (χ3n) is 4.28.